The lowest BCUT2D eigenvalue weighted by molar-refractivity contribution is -0.258. The molecule has 2 fully saturated rings. The van der Waals surface area contributed by atoms with Crippen molar-refractivity contribution in [2.24, 2.45) is 0 Å². The third-order valence-corrected chi connectivity index (χ3v) is 9.66. The Kier molecular flexibility index (Phi) is 7.28. The molecule has 188 valence electrons. The van der Waals surface area contributed by atoms with Crippen molar-refractivity contribution in [3.8, 4) is 0 Å². The third kappa shape index (κ3) is 5.12. The molecule has 0 amide bonds. The van der Waals surface area contributed by atoms with Crippen molar-refractivity contribution in [2.75, 3.05) is 57.4 Å². The van der Waals surface area contributed by atoms with Gasteiger partial charge in [-0.1, -0.05) is 18.2 Å². The van der Waals surface area contributed by atoms with Gasteiger partial charge >= 0.3 is 6.18 Å². The Morgan fingerprint density at radius 2 is 1.76 bits per heavy atom. The standard InChI is InChI=1S/C22H28F3N3O4S2/c1-21(29,22(23,24)25)17-4-6-18(7-5-17)28-9-8-27(34(30,31)20-3-2-14-33-20)16-19(28)15-26-10-12-32-13-11-26/h2-7,14,19,29H,8-13,15-16H2,1H3/t19-,21-/m1/s1. The number of anilines is 1. The topological polar surface area (TPSA) is 73.3 Å². The lowest BCUT2D eigenvalue weighted by Gasteiger charge is -2.44. The summed E-state index contributed by atoms with van der Waals surface area (Å²) in [6, 6.07) is 8.78. The van der Waals surface area contributed by atoms with Gasteiger partial charge in [0.1, 0.15) is 4.21 Å². The van der Waals surface area contributed by atoms with Crippen LogP contribution in [0.25, 0.3) is 0 Å². The van der Waals surface area contributed by atoms with Crippen molar-refractivity contribution in [3.05, 3.63) is 47.3 Å². The molecule has 0 spiro atoms. The van der Waals surface area contributed by atoms with Gasteiger partial charge in [-0.2, -0.15) is 17.5 Å². The molecule has 1 aromatic heterocycles. The number of hydrogen-bond acceptors (Lipinski definition) is 7. The van der Waals surface area contributed by atoms with Crippen LogP contribution < -0.4 is 4.90 Å². The van der Waals surface area contributed by atoms with E-state index in [1.807, 2.05) is 4.90 Å². The number of piperazine rings is 1. The molecular formula is C22H28F3N3O4S2. The molecule has 2 aromatic rings. The normalized spacial score (nSPS) is 23.1. The molecule has 1 N–H and O–H groups in total. The van der Waals surface area contributed by atoms with E-state index in [9.17, 15) is 26.7 Å². The van der Waals surface area contributed by atoms with Crippen LogP contribution in [-0.2, 0) is 20.4 Å². The highest BCUT2D eigenvalue weighted by atomic mass is 32.2. The zero-order chi connectivity index (χ0) is 24.6. The lowest BCUT2D eigenvalue weighted by atomic mass is 9.95. The number of benzene rings is 1. The molecular weight excluding hydrogens is 491 g/mol. The number of ether oxygens (including phenoxy) is 1. The molecule has 0 radical (unpaired) electrons. The van der Waals surface area contributed by atoms with Crippen molar-refractivity contribution >= 4 is 27.0 Å². The zero-order valence-corrected chi connectivity index (χ0v) is 20.4. The van der Waals surface area contributed by atoms with Crippen LogP contribution in [0.2, 0.25) is 0 Å². The quantitative estimate of drug-likeness (QED) is 0.633. The Morgan fingerprint density at radius 3 is 2.35 bits per heavy atom. The van der Waals surface area contributed by atoms with E-state index in [-0.39, 0.29) is 24.7 Å². The first-order valence-electron chi connectivity index (χ1n) is 11.0. The van der Waals surface area contributed by atoms with Crippen molar-refractivity contribution in [1.29, 1.82) is 0 Å². The first kappa shape index (κ1) is 25.4. The van der Waals surface area contributed by atoms with Crippen LogP contribution in [0.4, 0.5) is 18.9 Å². The van der Waals surface area contributed by atoms with Gasteiger partial charge in [0.05, 0.1) is 19.3 Å². The minimum absolute atomic E-state index is 0.199. The highest BCUT2D eigenvalue weighted by Gasteiger charge is 2.51. The number of halogens is 3. The Labute approximate surface area is 201 Å². The molecule has 34 heavy (non-hydrogen) atoms. The summed E-state index contributed by atoms with van der Waals surface area (Å²) >= 11 is 1.18. The second kappa shape index (κ2) is 9.75. The van der Waals surface area contributed by atoms with Crippen molar-refractivity contribution in [3.63, 3.8) is 0 Å². The highest BCUT2D eigenvalue weighted by molar-refractivity contribution is 7.91. The number of nitrogens with zero attached hydrogens (tertiary/aromatic N) is 3. The molecule has 2 aliphatic rings. The largest absolute Gasteiger partial charge is 0.421 e. The van der Waals surface area contributed by atoms with Crippen LogP contribution >= 0.6 is 11.3 Å². The maximum atomic E-state index is 13.2. The predicted molar refractivity (Wildman–Crippen MR) is 124 cm³/mol. The second-order valence-corrected chi connectivity index (χ2v) is 11.8. The van der Waals surface area contributed by atoms with Crippen LogP contribution in [0.1, 0.15) is 12.5 Å². The van der Waals surface area contributed by atoms with Crippen LogP contribution in [0, 0.1) is 0 Å². The van der Waals surface area contributed by atoms with Crippen LogP contribution in [0.15, 0.2) is 46.0 Å². The first-order chi connectivity index (χ1) is 16.0. The summed E-state index contributed by atoms with van der Waals surface area (Å²) in [7, 11) is -3.62. The Morgan fingerprint density at radius 1 is 1.09 bits per heavy atom. The second-order valence-electron chi connectivity index (χ2n) is 8.67. The number of aliphatic hydroxyl groups is 1. The van der Waals surface area contributed by atoms with E-state index >= 15 is 0 Å². The van der Waals surface area contributed by atoms with Crippen molar-refractivity contribution in [2.45, 2.75) is 29.0 Å². The van der Waals surface area contributed by atoms with E-state index in [0.717, 1.165) is 20.0 Å². The Hall–Kier alpha value is -1.70. The highest BCUT2D eigenvalue weighted by Crippen LogP contribution is 2.39. The fourth-order valence-corrected chi connectivity index (χ4v) is 6.91. The van der Waals surface area contributed by atoms with Crippen LogP contribution in [0.3, 0.4) is 0 Å². The molecule has 4 rings (SSSR count). The third-order valence-electron chi connectivity index (χ3n) is 6.42. The van der Waals surface area contributed by atoms with E-state index in [1.54, 1.807) is 29.6 Å². The summed E-state index contributed by atoms with van der Waals surface area (Å²) in [4.78, 5) is 4.26. The average molecular weight is 520 g/mol. The van der Waals surface area contributed by atoms with Gasteiger partial charge in [0.25, 0.3) is 10.0 Å². The number of sulfonamides is 1. The number of alkyl halides is 3. The molecule has 3 heterocycles. The molecule has 7 nitrogen and oxygen atoms in total. The smallest absolute Gasteiger partial charge is 0.379 e. The van der Waals surface area contributed by atoms with Gasteiger partial charge in [-0.25, -0.2) is 8.42 Å². The van der Waals surface area contributed by atoms with Crippen molar-refractivity contribution < 1.29 is 31.4 Å². The van der Waals surface area contributed by atoms with Gasteiger partial charge in [0.2, 0.25) is 0 Å². The van der Waals surface area contributed by atoms with Gasteiger partial charge in [0, 0.05) is 45.0 Å². The first-order valence-corrected chi connectivity index (χ1v) is 13.3. The molecule has 2 aliphatic heterocycles. The van der Waals surface area contributed by atoms with E-state index in [2.05, 4.69) is 4.90 Å². The van der Waals surface area contributed by atoms with E-state index in [0.29, 0.717) is 36.2 Å². The predicted octanol–water partition coefficient (Wildman–Crippen LogP) is 2.73. The Bertz CT molecular complexity index is 1050. The number of thiophene rings is 1. The van der Waals surface area contributed by atoms with E-state index in [1.165, 1.54) is 27.8 Å². The van der Waals surface area contributed by atoms with Gasteiger partial charge in [0.15, 0.2) is 5.60 Å². The van der Waals surface area contributed by atoms with Crippen molar-refractivity contribution in [1.82, 2.24) is 9.21 Å². The number of hydrogen-bond donors (Lipinski definition) is 1. The summed E-state index contributed by atoms with van der Waals surface area (Å²) in [6.45, 7) is 4.93. The minimum atomic E-state index is -4.80. The molecule has 0 saturated carbocycles. The van der Waals surface area contributed by atoms with Gasteiger partial charge in [-0.3, -0.25) is 4.90 Å². The summed E-state index contributed by atoms with van der Waals surface area (Å²) < 4.78 is 73.2. The number of rotatable bonds is 6. The maximum absolute atomic E-state index is 13.2. The summed E-state index contributed by atoms with van der Waals surface area (Å²) in [5.74, 6) is 0. The molecule has 0 aliphatic carbocycles. The number of morpholine rings is 1. The van der Waals surface area contributed by atoms with Gasteiger partial charge < -0.3 is 14.7 Å². The van der Waals surface area contributed by atoms with Crippen LogP contribution in [0.5, 0.6) is 0 Å². The fourth-order valence-electron chi connectivity index (χ4n) is 4.30. The fraction of sp³-hybridized carbons (Fsp3) is 0.545. The van der Waals surface area contributed by atoms with Gasteiger partial charge in [-0.05, 0) is 36.1 Å². The summed E-state index contributed by atoms with van der Waals surface area (Å²) in [5, 5.41) is 11.7. The Balaban J connectivity index is 1.58. The van der Waals surface area contributed by atoms with Crippen LogP contribution in [-0.4, -0.2) is 87.4 Å². The molecule has 2 atom stereocenters. The maximum Gasteiger partial charge on any atom is 0.421 e. The zero-order valence-electron chi connectivity index (χ0n) is 18.7. The monoisotopic (exact) mass is 519 g/mol. The van der Waals surface area contributed by atoms with Gasteiger partial charge in [-0.15, -0.1) is 11.3 Å². The average Bonchev–Trinajstić information content (AvgIpc) is 3.35. The minimum Gasteiger partial charge on any atom is -0.379 e. The molecule has 0 bridgehead atoms. The van der Waals surface area contributed by atoms with E-state index in [4.69, 9.17) is 4.74 Å². The summed E-state index contributed by atoms with van der Waals surface area (Å²) in [5.41, 5.74) is -2.51. The molecule has 1 aromatic carbocycles. The SMILES string of the molecule is C[C@@](O)(c1ccc(N2CCN(S(=O)(=O)c3cccs3)C[C@H]2CN2CCOCC2)cc1)C(F)(F)F. The molecule has 2 saturated heterocycles. The van der Waals surface area contributed by atoms with E-state index < -0.39 is 21.8 Å². The molecule has 12 heteroatoms. The lowest BCUT2D eigenvalue weighted by Crippen LogP contribution is -2.59. The molecule has 0 unspecified atom stereocenters. The summed E-state index contributed by atoms with van der Waals surface area (Å²) in [6.07, 6.45) is -4.80.